The highest BCUT2D eigenvalue weighted by Gasteiger charge is 2.42. The zero-order chi connectivity index (χ0) is 26.6. The van der Waals surface area contributed by atoms with Gasteiger partial charge in [-0.3, -0.25) is 9.59 Å². The Morgan fingerprint density at radius 2 is 1.92 bits per heavy atom. The zero-order valence-electron chi connectivity index (χ0n) is 21.7. The number of hydrogen-bond donors (Lipinski definition) is 3. The first kappa shape index (κ1) is 28.2. The molecule has 0 saturated carbocycles. The van der Waals surface area contributed by atoms with Crippen LogP contribution in [0.2, 0.25) is 0 Å². The molecule has 4 N–H and O–H groups in total. The quantitative estimate of drug-likeness (QED) is 0.500. The number of thiazole rings is 1. The van der Waals surface area contributed by atoms with E-state index in [1.165, 1.54) is 11.3 Å². The fourth-order valence-electron chi connectivity index (χ4n) is 4.52. The van der Waals surface area contributed by atoms with Crippen molar-refractivity contribution in [3.63, 3.8) is 0 Å². The van der Waals surface area contributed by atoms with Gasteiger partial charge in [-0.05, 0) is 37.0 Å². The Balaban J connectivity index is 1.95. The van der Waals surface area contributed by atoms with E-state index in [1.807, 2.05) is 50.3 Å². The number of allylic oxidation sites excluding steroid dienone is 3. The molecule has 1 aliphatic rings. The average molecular weight is 515 g/mol. The fraction of sp³-hybridized carbons (Fsp3) is 0.536. The van der Waals surface area contributed by atoms with Crippen LogP contribution < -0.4 is 5.73 Å². The molecule has 0 unspecified atom stereocenters. The number of aromatic nitrogens is 1. The van der Waals surface area contributed by atoms with Crippen molar-refractivity contribution >= 4 is 33.3 Å². The van der Waals surface area contributed by atoms with Gasteiger partial charge >= 0.3 is 5.97 Å². The van der Waals surface area contributed by atoms with E-state index in [2.05, 4.69) is 4.98 Å². The van der Waals surface area contributed by atoms with Crippen molar-refractivity contribution in [1.82, 2.24) is 4.98 Å². The van der Waals surface area contributed by atoms with Crippen molar-refractivity contribution in [2.45, 2.75) is 78.7 Å². The lowest BCUT2D eigenvalue weighted by Gasteiger charge is -2.34. The van der Waals surface area contributed by atoms with Gasteiger partial charge in [0.25, 0.3) is 0 Å². The van der Waals surface area contributed by atoms with E-state index in [4.69, 9.17) is 10.5 Å². The van der Waals surface area contributed by atoms with Gasteiger partial charge in [-0.15, -0.1) is 11.3 Å². The van der Waals surface area contributed by atoms with E-state index in [1.54, 1.807) is 20.8 Å². The Bertz CT molecular complexity index is 1150. The number of aliphatic hydroxyl groups is 2. The molecule has 0 amide bonds. The van der Waals surface area contributed by atoms with Crippen LogP contribution in [0.25, 0.3) is 10.2 Å². The van der Waals surface area contributed by atoms with Crippen molar-refractivity contribution in [2.75, 3.05) is 0 Å². The maximum atomic E-state index is 13.2. The summed E-state index contributed by atoms with van der Waals surface area (Å²) >= 11 is 1.53. The number of benzene rings is 1. The standard InChI is InChI=1S/C28H38N2O5S/c1-16-7-6-8-17(2)26(33)18(3)27(34)28(4,5)23(31)14-25(32)35-21(11-9-16)19-10-12-22-20(13-19)30-24(15-29)36-22/h6-7,9-10,12-13,17-18,21,23,26,31,33H,8,11,14-15,29H2,1-5H3/b7-6+,16-9-/t17-,18+,21-,23-,26-/m0/s1. The van der Waals surface area contributed by atoms with Gasteiger partial charge in [0.2, 0.25) is 0 Å². The maximum Gasteiger partial charge on any atom is 0.309 e. The Morgan fingerprint density at radius 1 is 1.19 bits per heavy atom. The third-order valence-electron chi connectivity index (χ3n) is 7.16. The number of ether oxygens (including phenoxy) is 1. The monoisotopic (exact) mass is 514 g/mol. The van der Waals surface area contributed by atoms with Crippen LogP contribution in [0.4, 0.5) is 0 Å². The molecule has 0 fully saturated rings. The van der Waals surface area contributed by atoms with Gasteiger partial charge in [0.15, 0.2) is 0 Å². The van der Waals surface area contributed by atoms with Gasteiger partial charge in [-0.25, -0.2) is 4.98 Å². The first-order valence-electron chi connectivity index (χ1n) is 12.5. The van der Waals surface area contributed by atoms with Crippen LogP contribution in [-0.2, 0) is 20.9 Å². The van der Waals surface area contributed by atoms with Crippen LogP contribution in [0.1, 0.15) is 70.6 Å². The molecule has 0 aliphatic carbocycles. The normalized spacial score (nSPS) is 31.0. The Labute approximate surface area is 217 Å². The maximum absolute atomic E-state index is 13.2. The number of hydrogen-bond acceptors (Lipinski definition) is 8. The number of fused-ring (bicyclic) bond motifs is 1. The van der Waals surface area contributed by atoms with Gasteiger partial charge in [0.1, 0.15) is 16.9 Å². The summed E-state index contributed by atoms with van der Waals surface area (Å²) in [6, 6.07) is 5.79. The second-order valence-corrected chi connectivity index (χ2v) is 11.5. The summed E-state index contributed by atoms with van der Waals surface area (Å²) in [5.74, 6) is -1.70. The molecule has 1 aromatic carbocycles. The molecular formula is C28H38N2O5S. The number of carbonyl (C=O) groups excluding carboxylic acids is 2. The second kappa shape index (κ2) is 11.8. The molecule has 5 atom stereocenters. The summed E-state index contributed by atoms with van der Waals surface area (Å²) in [7, 11) is 0. The van der Waals surface area contributed by atoms with Crippen molar-refractivity contribution in [3.05, 3.63) is 52.6 Å². The van der Waals surface area contributed by atoms with E-state index in [9.17, 15) is 19.8 Å². The molecular weight excluding hydrogens is 476 g/mol. The molecule has 0 spiro atoms. The third kappa shape index (κ3) is 6.48. The van der Waals surface area contributed by atoms with E-state index in [-0.39, 0.29) is 18.1 Å². The van der Waals surface area contributed by atoms with Crippen LogP contribution in [-0.4, -0.2) is 39.2 Å². The van der Waals surface area contributed by atoms with Gasteiger partial charge in [0.05, 0.1) is 34.3 Å². The number of nitrogens with zero attached hydrogens (tertiary/aromatic N) is 1. The van der Waals surface area contributed by atoms with E-state index < -0.39 is 35.6 Å². The Hall–Kier alpha value is -2.39. The zero-order valence-corrected chi connectivity index (χ0v) is 22.5. The number of ketones is 1. The number of carbonyl (C=O) groups is 2. The predicted octanol–water partition coefficient (Wildman–Crippen LogP) is 4.62. The van der Waals surface area contributed by atoms with Crippen molar-refractivity contribution in [1.29, 1.82) is 0 Å². The lowest BCUT2D eigenvalue weighted by atomic mass is 9.73. The average Bonchev–Trinajstić information content (AvgIpc) is 3.26. The van der Waals surface area contributed by atoms with E-state index >= 15 is 0 Å². The van der Waals surface area contributed by atoms with Gasteiger partial charge in [-0.2, -0.15) is 0 Å². The summed E-state index contributed by atoms with van der Waals surface area (Å²) in [4.78, 5) is 30.7. The first-order valence-corrected chi connectivity index (χ1v) is 13.3. The molecule has 3 rings (SSSR count). The van der Waals surface area contributed by atoms with Crippen LogP contribution in [0.15, 0.2) is 42.0 Å². The lowest BCUT2D eigenvalue weighted by molar-refractivity contribution is -0.155. The summed E-state index contributed by atoms with van der Waals surface area (Å²) in [5, 5.41) is 22.5. The number of cyclic esters (lactones) is 1. The molecule has 0 bridgehead atoms. The molecule has 0 saturated heterocycles. The van der Waals surface area contributed by atoms with Crippen molar-refractivity contribution in [2.24, 2.45) is 23.0 Å². The van der Waals surface area contributed by atoms with Crippen LogP contribution in [0.5, 0.6) is 0 Å². The SMILES string of the molecule is CC1=C/C[C@@H](c2ccc3sc(CN)nc3c2)OC(=O)C[C@H](O)C(C)(C)C(=O)[C@H](C)[C@@H](O)[C@@H](C)C\C=C\1. The highest BCUT2D eigenvalue weighted by Crippen LogP contribution is 2.33. The lowest BCUT2D eigenvalue weighted by Crippen LogP contribution is -2.45. The van der Waals surface area contributed by atoms with Crippen molar-refractivity contribution < 1.29 is 24.5 Å². The minimum Gasteiger partial charge on any atom is -0.457 e. The second-order valence-electron chi connectivity index (χ2n) is 10.4. The number of nitrogens with two attached hydrogens (primary N) is 1. The molecule has 8 heteroatoms. The van der Waals surface area contributed by atoms with E-state index in [0.29, 0.717) is 19.4 Å². The highest BCUT2D eigenvalue weighted by molar-refractivity contribution is 7.18. The van der Waals surface area contributed by atoms with E-state index in [0.717, 1.165) is 26.4 Å². The van der Waals surface area contributed by atoms with Crippen LogP contribution in [0, 0.1) is 17.3 Å². The molecule has 196 valence electrons. The Morgan fingerprint density at radius 3 is 2.61 bits per heavy atom. The predicted molar refractivity (Wildman–Crippen MR) is 142 cm³/mol. The van der Waals surface area contributed by atoms with Gasteiger partial charge in [0, 0.05) is 18.9 Å². The number of Topliss-reactive ketones (excluding diaryl/α,β-unsaturated/α-hetero) is 1. The minimum absolute atomic E-state index is 0.144. The molecule has 2 heterocycles. The van der Waals surface area contributed by atoms with Gasteiger partial charge < -0.3 is 20.7 Å². The summed E-state index contributed by atoms with van der Waals surface area (Å²) in [5.41, 5.74) is 7.11. The first-order chi connectivity index (χ1) is 16.9. The highest BCUT2D eigenvalue weighted by atomic mass is 32.1. The molecule has 7 nitrogen and oxygen atoms in total. The fourth-order valence-corrected chi connectivity index (χ4v) is 5.35. The van der Waals surface area contributed by atoms with Crippen molar-refractivity contribution in [3.8, 4) is 0 Å². The summed E-state index contributed by atoms with van der Waals surface area (Å²) in [6.07, 6.45) is 4.00. The molecule has 1 aromatic heterocycles. The molecule has 2 aromatic rings. The molecule has 1 aliphatic heterocycles. The number of rotatable bonds is 2. The number of aliphatic hydroxyl groups excluding tert-OH is 2. The molecule has 36 heavy (non-hydrogen) atoms. The number of esters is 1. The largest absolute Gasteiger partial charge is 0.457 e. The smallest absolute Gasteiger partial charge is 0.309 e. The molecule has 0 radical (unpaired) electrons. The van der Waals surface area contributed by atoms with Crippen LogP contribution >= 0.6 is 11.3 Å². The third-order valence-corrected chi connectivity index (χ3v) is 8.21. The Kier molecular flexibility index (Phi) is 9.22. The summed E-state index contributed by atoms with van der Waals surface area (Å²) < 4.78 is 6.86. The topological polar surface area (TPSA) is 123 Å². The minimum atomic E-state index is -1.25. The van der Waals surface area contributed by atoms with Crippen LogP contribution in [0.3, 0.4) is 0 Å². The van der Waals surface area contributed by atoms with Gasteiger partial charge in [-0.1, -0.05) is 57.6 Å². The summed E-state index contributed by atoms with van der Waals surface area (Å²) in [6.45, 7) is 9.13.